The van der Waals surface area contributed by atoms with Crippen molar-refractivity contribution in [3.8, 4) is 0 Å². The molecule has 1 aromatic carbocycles. The zero-order valence-corrected chi connectivity index (χ0v) is 11.9. The Morgan fingerprint density at radius 2 is 2.10 bits per heavy atom. The second-order valence-electron chi connectivity index (χ2n) is 4.92. The molecule has 2 N–H and O–H groups in total. The summed E-state index contributed by atoms with van der Waals surface area (Å²) in [6, 6.07) is 8.98. The van der Waals surface area contributed by atoms with Crippen molar-refractivity contribution >= 4 is 5.91 Å². The first-order valence-corrected chi connectivity index (χ1v) is 6.62. The molecule has 1 atom stereocenters. The summed E-state index contributed by atoms with van der Waals surface area (Å²) in [4.78, 5) is 13.9. The minimum absolute atomic E-state index is 0.0824. The molecule has 0 saturated heterocycles. The summed E-state index contributed by atoms with van der Waals surface area (Å²) < 4.78 is 1.79. The van der Waals surface area contributed by atoms with Crippen molar-refractivity contribution < 1.29 is 4.79 Å². The molecule has 0 spiro atoms. The Hall–Kier alpha value is -2.14. The van der Waals surface area contributed by atoms with Gasteiger partial charge in [-0.25, -0.2) is 0 Å². The van der Waals surface area contributed by atoms with E-state index in [9.17, 15) is 4.79 Å². The third-order valence-electron chi connectivity index (χ3n) is 3.30. The van der Waals surface area contributed by atoms with Crippen LogP contribution in [0.1, 0.15) is 17.2 Å². The summed E-state index contributed by atoms with van der Waals surface area (Å²) in [7, 11) is 1.76. The van der Waals surface area contributed by atoms with E-state index in [4.69, 9.17) is 5.73 Å². The number of aromatic nitrogens is 2. The van der Waals surface area contributed by atoms with Crippen LogP contribution >= 0.6 is 0 Å². The topological polar surface area (TPSA) is 64.2 Å². The number of carbonyl (C=O) groups excluding carboxylic acids is 1. The highest BCUT2D eigenvalue weighted by molar-refractivity contribution is 5.82. The van der Waals surface area contributed by atoms with Gasteiger partial charge in [-0.2, -0.15) is 5.10 Å². The molecule has 5 nitrogen and oxygen atoms in total. The minimum atomic E-state index is -0.613. The second-order valence-corrected chi connectivity index (χ2v) is 4.92. The Kier molecular flexibility index (Phi) is 4.53. The lowest BCUT2D eigenvalue weighted by atomic mass is 10.1. The molecule has 0 bridgehead atoms. The Labute approximate surface area is 119 Å². The lowest BCUT2D eigenvalue weighted by Gasteiger charge is -2.21. The van der Waals surface area contributed by atoms with Crippen LogP contribution in [0.25, 0.3) is 0 Å². The molecule has 2 aromatic rings. The molecule has 5 heteroatoms. The number of likely N-dealkylation sites (N-methyl/N-ethyl adjacent to an activating group) is 1. The number of hydrogen-bond acceptors (Lipinski definition) is 3. The van der Waals surface area contributed by atoms with E-state index in [1.165, 1.54) is 0 Å². The predicted octanol–water partition coefficient (Wildman–Crippen LogP) is 1.35. The number of aryl methyl sites for hydroxylation is 1. The van der Waals surface area contributed by atoms with E-state index >= 15 is 0 Å². The summed E-state index contributed by atoms with van der Waals surface area (Å²) in [6.45, 7) is 3.25. The van der Waals surface area contributed by atoms with Crippen LogP contribution in [0, 0.1) is 6.92 Å². The average molecular weight is 272 g/mol. The van der Waals surface area contributed by atoms with Gasteiger partial charge in [0.15, 0.2) is 0 Å². The lowest BCUT2D eigenvalue weighted by molar-refractivity contribution is -0.131. The first kappa shape index (κ1) is 14.3. The van der Waals surface area contributed by atoms with E-state index in [1.807, 2.05) is 43.5 Å². The highest BCUT2D eigenvalue weighted by Crippen LogP contribution is 2.13. The van der Waals surface area contributed by atoms with Crippen LogP contribution < -0.4 is 5.73 Å². The zero-order chi connectivity index (χ0) is 14.5. The van der Waals surface area contributed by atoms with Crippen molar-refractivity contribution in [2.45, 2.75) is 19.5 Å². The van der Waals surface area contributed by atoms with Gasteiger partial charge in [-0.1, -0.05) is 29.8 Å². The van der Waals surface area contributed by atoms with Gasteiger partial charge in [-0.3, -0.25) is 9.48 Å². The maximum Gasteiger partial charge on any atom is 0.243 e. The molecular formula is C15H20N4O. The third kappa shape index (κ3) is 3.45. The van der Waals surface area contributed by atoms with Crippen LogP contribution in [0.5, 0.6) is 0 Å². The SMILES string of the molecule is Cc1ccc(C(N)C(=O)N(C)CCn2cccn2)cc1. The fourth-order valence-corrected chi connectivity index (χ4v) is 1.95. The molecule has 2 rings (SSSR count). The second kappa shape index (κ2) is 6.34. The Bertz CT molecular complexity index is 548. The van der Waals surface area contributed by atoms with Crippen LogP contribution in [0.2, 0.25) is 0 Å². The fraction of sp³-hybridized carbons (Fsp3) is 0.333. The standard InChI is InChI=1S/C15H20N4O/c1-12-4-6-13(7-5-12)14(16)15(20)18(2)10-11-19-9-3-8-17-19/h3-9,14H,10-11,16H2,1-2H3. The molecule has 0 radical (unpaired) electrons. The highest BCUT2D eigenvalue weighted by atomic mass is 16.2. The molecule has 0 saturated carbocycles. The molecular weight excluding hydrogens is 252 g/mol. The van der Waals surface area contributed by atoms with Gasteiger partial charge in [-0.15, -0.1) is 0 Å². The van der Waals surface area contributed by atoms with Gasteiger partial charge >= 0.3 is 0 Å². The molecule has 1 heterocycles. The molecule has 0 fully saturated rings. The van der Waals surface area contributed by atoms with Crippen molar-refractivity contribution in [2.24, 2.45) is 5.73 Å². The normalized spacial score (nSPS) is 12.2. The summed E-state index contributed by atoms with van der Waals surface area (Å²) >= 11 is 0. The molecule has 1 amide bonds. The van der Waals surface area contributed by atoms with Gasteiger partial charge in [0.2, 0.25) is 5.91 Å². The summed E-state index contributed by atoms with van der Waals surface area (Å²) in [5, 5.41) is 4.11. The van der Waals surface area contributed by atoms with E-state index < -0.39 is 6.04 Å². The largest absolute Gasteiger partial charge is 0.342 e. The summed E-state index contributed by atoms with van der Waals surface area (Å²) in [5.74, 6) is -0.0824. The number of carbonyl (C=O) groups is 1. The third-order valence-corrected chi connectivity index (χ3v) is 3.30. The van der Waals surface area contributed by atoms with Crippen LogP contribution in [0.3, 0.4) is 0 Å². The van der Waals surface area contributed by atoms with E-state index in [1.54, 1.807) is 22.8 Å². The van der Waals surface area contributed by atoms with Crippen LogP contribution in [0.4, 0.5) is 0 Å². The van der Waals surface area contributed by atoms with Crippen molar-refractivity contribution in [2.75, 3.05) is 13.6 Å². The number of hydrogen-bond donors (Lipinski definition) is 1. The van der Waals surface area contributed by atoms with Crippen LogP contribution in [-0.2, 0) is 11.3 Å². The first-order valence-electron chi connectivity index (χ1n) is 6.62. The van der Waals surface area contributed by atoms with Crippen LogP contribution in [-0.4, -0.2) is 34.2 Å². The Morgan fingerprint density at radius 3 is 2.70 bits per heavy atom. The smallest absolute Gasteiger partial charge is 0.243 e. The van der Waals surface area contributed by atoms with Crippen LogP contribution in [0.15, 0.2) is 42.7 Å². The predicted molar refractivity (Wildman–Crippen MR) is 78.0 cm³/mol. The van der Waals surface area contributed by atoms with Gasteiger partial charge in [0.1, 0.15) is 6.04 Å². The molecule has 0 aliphatic rings. The van der Waals surface area contributed by atoms with E-state index in [0.717, 1.165) is 11.1 Å². The maximum absolute atomic E-state index is 12.3. The first-order chi connectivity index (χ1) is 9.58. The molecule has 1 unspecified atom stereocenters. The fourth-order valence-electron chi connectivity index (χ4n) is 1.95. The number of nitrogens with two attached hydrogens (primary N) is 1. The Balaban J connectivity index is 1.93. The molecule has 106 valence electrons. The highest BCUT2D eigenvalue weighted by Gasteiger charge is 2.19. The number of amides is 1. The Morgan fingerprint density at radius 1 is 1.40 bits per heavy atom. The quantitative estimate of drug-likeness (QED) is 0.893. The number of nitrogens with zero attached hydrogens (tertiary/aromatic N) is 3. The molecule has 0 aliphatic heterocycles. The number of benzene rings is 1. The number of rotatable bonds is 5. The van der Waals surface area contributed by atoms with Gasteiger partial charge in [0.25, 0.3) is 0 Å². The molecule has 0 aliphatic carbocycles. The summed E-state index contributed by atoms with van der Waals surface area (Å²) in [5.41, 5.74) is 8.02. The van der Waals surface area contributed by atoms with Gasteiger partial charge in [0.05, 0.1) is 6.54 Å². The van der Waals surface area contributed by atoms with Gasteiger partial charge in [-0.05, 0) is 18.6 Å². The van der Waals surface area contributed by atoms with Crippen molar-refractivity contribution in [1.82, 2.24) is 14.7 Å². The monoisotopic (exact) mass is 272 g/mol. The van der Waals surface area contributed by atoms with E-state index in [0.29, 0.717) is 13.1 Å². The van der Waals surface area contributed by atoms with E-state index in [-0.39, 0.29) is 5.91 Å². The summed E-state index contributed by atoms with van der Waals surface area (Å²) in [6.07, 6.45) is 3.60. The molecule has 20 heavy (non-hydrogen) atoms. The van der Waals surface area contributed by atoms with Crippen molar-refractivity contribution in [3.63, 3.8) is 0 Å². The van der Waals surface area contributed by atoms with E-state index in [2.05, 4.69) is 5.10 Å². The maximum atomic E-state index is 12.3. The van der Waals surface area contributed by atoms with Crippen molar-refractivity contribution in [1.29, 1.82) is 0 Å². The lowest BCUT2D eigenvalue weighted by Crippen LogP contribution is -2.37. The average Bonchev–Trinajstić information content (AvgIpc) is 2.97. The molecule has 1 aromatic heterocycles. The van der Waals surface area contributed by atoms with Gasteiger partial charge in [0, 0.05) is 26.0 Å². The van der Waals surface area contributed by atoms with Gasteiger partial charge < -0.3 is 10.6 Å². The van der Waals surface area contributed by atoms with Crippen molar-refractivity contribution in [3.05, 3.63) is 53.9 Å². The zero-order valence-electron chi connectivity index (χ0n) is 11.9. The minimum Gasteiger partial charge on any atom is -0.342 e.